The molecule has 1 aromatic rings. The van der Waals surface area contributed by atoms with E-state index in [9.17, 15) is 0 Å². The van der Waals surface area contributed by atoms with Gasteiger partial charge in [0.15, 0.2) is 0 Å². The van der Waals surface area contributed by atoms with Crippen LogP contribution < -0.4 is 10.1 Å². The van der Waals surface area contributed by atoms with Gasteiger partial charge in [0.1, 0.15) is 6.61 Å². The van der Waals surface area contributed by atoms with Gasteiger partial charge in [-0.05, 0) is 19.0 Å². The van der Waals surface area contributed by atoms with E-state index < -0.39 is 0 Å². The lowest BCUT2D eigenvalue weighted by Crippen LogP contribution is -2.20. The number of pyridine rings is 1. The van der Waals surface area contributed by atoms with Crippen molar-refractivity contribution < 1.29 is 4.74 Å². The summed E-state index contributed by atoms with van der Waals surface area (Å²) in [7, 11) is 0. The summed E-state index contributed by atoms with van der Waals surface area (Å²) in [6.45, 7) is 6.60. The van der Waals surface area contributed by atoms with E-state index in [-0.39, 0.29) is 0 Å². The Kier molecular flexibility index (Phi) is 4.26. The molecule has 0 saturated heterocycles. The van der Waals surface area contributed by atoms with Crippen molar-refractivity contribution in [2.24, 2.45) is 0 Å². The number of hydrogen-bond donors (Lipinski definition) is 1. The second-order valence-corrected chi connectivity index (χ2v) is 2.88. The van der Waals surface area contributed by atoms with Crippen molar-refractivity contribution in [2.45, 2.75) is 13.8 Å². The molecule has 0 fully saturated rings. The number of likely N-dealkylation sites (N-methyl/N-ethyl adjacent to an activating group) is 1. The van der Waals surface area contributed by atoms with E-state index in [0.717, 1.165) is 18.7 Å². The fraction of sp³-hybridized carbons (Fsp3) is 0.500. The molecule has 1 heterocycles. The van der Waals surface area contributed by atoms with Gasteiger partial charge in [-0.25, -0.2) is 4.98 Å². The SMILES string of the molecule is CCNCCOc1ccc(C)cn1. The van der Waals surface area contributed by atoms with Gasteiger partial charge in [0.25, 0.3) is 0 Å². The Morgan fingerprint density at radius 1 is 1.46 bits per heavy atom. The minimum Gasteiger partial charge on any atom is -0.476 e. The molecule has 1 aromatic heterocycles. The molecule has 1 rings (SSSR count). The van der Waals surface area contributed by atoms with E-state index in [4.69, 9.17) is 4.74 Å². The molecule has 0 radical (unpaired) electrons. The highest BCUT2D eigenvalue weighted by atomic mass is 16.5. The topological polar surface area (TPSA) is 34.1 Å². The van der Waals surface area contributed by atoms with Crippen LogP contribution >= 0.6 is 0 Å². The van der Waals surface area contributed by atoms with Crippen molar-refractivity contribution in [1.29, 1.82) is 0 Å². The number of nitrogens with one attached hydrogen (secondary N) is 1. The first-order valence-electron chi connectivity index (χ1n) is 4.59. The molecule has 0 bridgehead atoms. The number of aryl methyl sites for hydroxylation is 1. The zero-order valence-corrected chi connectivity index (χ0v) is 8.21. The number of ether oxygens (including phenoxy) is 1. The third-order valence-corrected chi connectivity index (χ3v) is 1.66. The van der Waals surface area contributed by atoms with Crippen molar-refractivity contribution in [3.63, 3.8) is 0 Å². The summed E-state index contributed by atoms with van der Waals surface area (Å²) in [5, 5.41) is 3.18. The van der Waals surface area contributed by atoms with Crippen LogP contribution in [0.25, 0.3) is 0 Å². The van der Waals surface area contributed by atoms with Crippen LogP contribution in [-0.2, 0) is 0 Å². The van der Waals surface area contributed by atoms with Gasteiger partial charge in [-0.1, -0.05) is 13.0 Å². The van der Waals surface area contributed by atoms with Gasteiger partial charge < -0.3 is 10.1 Å². The maximum atomic E-state index is 5.39. The quantitative estimate of drug-likeness (QED) is 0.695. The van der Waals surface area contributed by atoms with Crippen LogP contribution in [0, 0.1) is 6.92 Å². The first-order chi connectivity index (χ1) is 6.33. The monoisotopic (exact) mass is 180 g/mol. The third-order valence-electron chi connectivity index (χ3n) is 1.66. The van der Waals surface area contributed by atoms with Gasteiger partial charge in [0.05, 0.1) is 0 Å². The van der Waals surface area contributed by atoms with Crippen molar-refractivity contribution in [1.82, 2.24) is 10.3 Å². The Hall–Kier alpha value is -1.09. The molecule has 0 saturated carbocycles. The van der Waals surface area contributed by atoms with E-state index >= 15 is 0 Å². The summed E-state index contributed by atoms with van der Waals surface area (Å²) in [6.07, 6.45) is 1.81. The molecule has 0 amide bonds. The second-order valence-electron chi connectivity index (χ2n) is 2.88. The Balaban J connectivity index is 2.25. The second kappa shape index (κ2) is 5.54. The normalized spacial score (nSPS) is 10.0. The first-order valence-corrected chi connectivity index (χ1v) is 4.59. The van der Waals surface area contributed by atoms with Crippen molar-refractivity contribution >= 4 is 0 Å². The minimum atomic E-state index is 0.671. The molecule has 0 aromatic carbocycles. The number of aromatic nitrogens is 1. The number of rotatable bonds is 5. The first kappa shape index (κ1) is 9.99. The van der Waals surface area contributed by atoms with Crippen LogP contribution in [0.2, 0.25) is 0 Å². The summed E-state index contributed by atoms with van der Waals surface area (Å²) >= 11 is 0. The number of hydrogen-bond acceptors (Lipinski definition) is 3. The highest BCUT2D eigenvalue weighted by Crippen LogP contribution is 2.05. The molecule has 0 aliphatic carbocycles. The zero-order valence-electron chi connectivity index (χ0n) is 8.21. The standard InChI is InChI=1S/C10H16N2O/c1-3-11-6-7-13-10-5-4-9(2)8-12-10/h4-5,8,11H,3,6-7H2,1-2H3. The summed E-state index contributed by atoms with van der Waals surface area (Å²) in [6, 6.07) is 3.89. The predicted octanol–water partition coefficient (Wildman–Crippen LogP) is 1.38. The average Bonchev–Trinajstić information content (AvgIpc) is 2.15. The summed E-state index contributed by atoms with van der Waals surface area (Å²) in [5.74, 6) is 0.698. The third kappa shape index (κ3) is 3.90. The molecule has 3 nitrogen and oxygen atoms in total. The highest BCUT2D eigenvalue weighted by Gasteiger charge is 1.92. The van der Waals surface area contributed by atoms with E-state index in [0.29, 0.717) is 12.5 Å². The molecule has 0 unspecified atom stereocenters. The molecule has 13 heavy (non-hydrogen) atoms. The molecule has 72 valence electrons. The average molecular weight is 180 g/mol. The number of nitrogens with zero attached hydrogens (tertiary/aromatic N) is 1. The van der Waals surface area contributed by atoms with E-state index in [1.54, 1.807) is 0 Å². The lowest BCUT2D eigenvalue weighted by molar-refractivity contribution is 0.303. The Bertz CT molecular complexity index is 233. The van der Waals surface area contributed by atoms with Gasteiger partial charge in [-0.3, -0.25) is 0 Å². The lowest BCUT2D eigenvalue weighted by atomic mass is 10.3. The van der Waals surface area contributed by atoms with Gasteiger partial charge >= 0.3 is 0 Å². The van der Waals surface area contributed by atoms with Gasteiger partial charge in [0.2, 0.25) is 5.88 Å². The zero-order chi connectivity index (χ0) is 9.52. The van der Waals surface area contributed by atoms with Gasteiger partial charge in [-0.15, -0.1) is 0 Å². The van der Waals surface area contributed by atoms with E-state index in [2.05, 4.69) is 17.2 Å². The molecule has 0 aliphatic heterocycles. The molecule has 0 spiro atoms. The van der Waals surface area contributed by atoms with Crippen molar-refractivity contribution in [3.05, 3.63) is 23.9 Å². The fourth-order valence-corrected chi connectivity index (χ4v) is 0.944. The van der Waals surface area contributed by atoms with Gasteiger partial charge in [-0.2, -0.15) is 0 Å². The van der Waals surface area contributed by atoms with E-state index in [1.807, 2.05) is 25.3 Å². The van der Waals surface area contributed by atoms with Crippen molar-refractivity contribution in [3.8, 4) is 5.88 Å². The fourth-order valence-electron chi connectivity index (χ4n) is 0.944. The van der Waals surface area contributed by atoms with Crippen LogP contribution in [-0.4, -0.2) is 24.7 Å². The maximum absolute atomic E-state index is 5.39. The van der Waals surface area contributed by atoms with Crippen LogP contribution in [0.15, 0.2) is 18.3 Å². The predicted molar refractivity (Wildman–Crippen MR) is 53.0 cm³/mol. The molecular weight excluding hydrogens is 164 g/mol. The van der Waals surface area contributed by atoms with Crippen molar-refractivity contribution in [2.75, 3.05) is 19.7 Å². The lowest BCUT2D eigenvalue weighted by Gasteiger charge is -2.04. The van der Waals surface area contributed by atoms with Crippen LogP contribution in [0.4, 0.5) is 0 Å². The van der Waals surface area contributed by atoms with Gasteiger partial charge in [0, 0.05) is 18.8 Å². The van der Waals surface area contributed by atoms with Crippen LogP contribution in [0.5, 0.6) is 5.88 Å². The Morgan fingerprint density at radius 2 is 2.31 bits per heavy atom. The molecule has 1 N–H and O–H groups in total. The molecule has 0 atom stereocenters. The minimum absolute atomic E-state index is 0.671. The van der Waals surface area contributed by atoms with E-state index in [1.165, 1.54) is 0 Å². The Morgan fingerprint density at radius 3 is 2.92 bits per heavy atom. The highest BCUT2D eigenvalue weighted by molar-refractivity contribution is 5.16. The smallest absolute Gasteiger partial charge is 0.213 e. The largest absolute Gasteiger partial charge is 0.476 e. The maximum Gasteiger partial charge on any atom is 0.213 e. The summed E-state index contributed by atoms with van der Waals surface area (Å²) < 4.78 is 5.39. The summed E-state index contributed by atoms with van der Waals surface area (Å²) in [5.41, 5.74) is 1.15. The molecular formula is C10H16N2O. The molecule has 3 heteroatoms. The van der Waals surface area contributed by atoms with Crippen LogP contribution in [0.3, 0.4) is 0 Å². The Labute approximate surface area is 79.1 Å². The van der Waals surface area contributed by atoms with Crippen LogP contribution in [0.1, 0.15) is 12.5 Å². The molecule has 0 aliphatic rings. The summed E-state index contributed by atoms with van der Waals surface area (Å²) in [4.78, 5) is 4.13.